The fourth-order valence-corrected chi connectivity index (χ4v) is 2.43. The molecule has 2 aromatic carbocycles. The van der Waals surface area contributed by atoms with Crippen molar-refractivity contribution in [2.75, 3.05) is 14.1 Å². The largest absolute Gasteiger partial charge is 0.423 e. The Balaban J connectivity index is 1.87. The number of aromatic nitrogens is 2. The van der Waals surface area contributed by atoms with Crippen LogP contribution >= 0.6 is 0 Å². The van der Waals surface area contributed by atoms with Gasteiger partial charge in [0.1, 0.15) is 12.1 Å². The number of esters is 1. The van der Waals surface area contributed by atoms with Crippen LogP contribution < -0.4 is 4.74 Å². The molecule has 0 aliphatic carbocycles. The highest BCUT2D eigenvalue weighted by molar-refractivity contribution is 6.03. The minimum absolute atomic E-state index is 0.425. The number of carbonyl (C=O) groups is 1. The second-order valence-corrected chi connectivity index (χ2v) is 5.90. The zero-order valence-electron chi connectivity index (χ0n) is 15.2. The molecule has 6 heteroatoms. The first-order chi connectivity index (χ1) is 13.1. The third kappa shape index (κ3) is 4.92. The van der Waals surface area contributed by atoms with E-state index in [1.54, 1.807) is 40.4 Å². The minimum atomic E-state index is -0.457. The fourth-order valence-electron chi connectivity index (χ4n) is 2.43. The molecule has 0 bridgehead atoms. The predicted octanol–water partition coefficient (Wildman–Crippen LogP) is 3.27. The molecular formula is C21H20N4O2. The number of benzene rings is 2. The van der Waals surface area contributed by atoms with Gasteiger partial charge in [-0.15, -0.1) is 0 Å². The van der Waals surface area contributed by atoms with Gasteiger partial charge < -0.3 is 9.75 Å². The van der Waals surface area contributed by atoms with Gasteiger partial charge in [-0.3, -0.25) is 4.57 Å². The summed E-state index contributed by atoms with van der Waals surface area (Å²) in [5.41, 5.74) is 1.61. The van der Waals surface area contributed by atoms with E-state index in [2.05, 4.69) is 10.1 Å². The van der Waals surface area contributed by atoms with Crippen molar-refractivity contribution in [3.63, 3.8) is 0 Å². The molecule has 27 heavy (non-hydrogen) atoms. The second kappa shape index (κ2) is 8.62. The topological polar surface area (TPSA) is 59.7 Å². The van der Waals surface area contributed by atoms with Crippen molar-refractivity contribution in [3.8, 4) is 5.75 Å². The van der Waals surface area contributed by atoms with Crippen molar-refractivity contribution in [1.82, 2.24) is 14.6 Å². The third-order valence-electron chi connectivity index (χ3n) is 3.59. The quantitative estimate of drug-likeness (QED) is 0.175. The maximum absolute atomic E-state index is 12.3. The first-order valence-electron chi connectivity index (χ1n) is 8.42. The molecule has 1 aromatic heterocycles. The van der Waals surface area contributed by atoms with Gasteiger partial charge >= 0.3 is 5.97 Å². The van der Waals surface area contributed by atoms with Gasteiger partial charge in [-0.05, 0) is 23.8 Å². The highest BCUT2D eigenvalue weighted by atomic mass is 16.5. The van der Waals surface area contributed by atoms with Crippen molar-refractivity contribution < 1.29 is 9.53 Å². The Hall–Kier alpha value is -3.67. The molecule has 0 spiro atoms. The van der Waals surface area contributed by atoms with Crippen LogP contribution in [-0.4, -0.2) is 40.5 Å². The van der Waals surface area contributed by atoms with Gasteiger partial charge in [-0.25, -0.2) is 9.78 Å². The Labute approximate surface area is 158 Å². The van der Waals surface area contributed by atoms with Gasteiger partial charge in [0.2, 0.25) is 0 Å². The maximum atomic E-state index is 12.3. The van der Waals surface area contributed by atoms with Gasteiger partial charge in [0.05, 0.1) is 5.56 Å². The van der Waals surface area contributed by atoms with Crippen LogP contribution in [0.15, 0.2) is 84.5 Å². The number of hydrogen-bond donors (Lipinski definition) is 0. The molecule has 0 saturated heterocycles. The van der Waals surface area contributed by atoms with E-state index < -0.39 is 5.97 Å². The van der Waals surface area contributed by atoms with E-state index in [9.17, 15) is 4.79 Å². The molecule has 0 aliphatic heterocycles. The van der Waals surface area contributed by atoms with Crippen LogP contribution in [0.25, 0.3) is 6.08 Å². The summed E-state index contributed by atoms with van der Waals surface area (Å²) < 4.78 is 7.34. The van der Waals surface area contributed by atoms with Gasteiger partial charge in [0.25, 0.3) is 0 Å². The lowest BCUT2D eigenvalue weighted by molar-refractivity contribution is -0.128. The molecule has 0 atom stereocenters. The molecule has 3 rings (SSSR count). The van der Waals surface area contributed by atoms with E-state index in [-0.39, 0.29) is 0 Å². The fraction of sp³-hybridized carbons (Fsp3) is 0.0952. The minimum Gasteiger partial charge on any atom is -0.423 e. The molecule has 136 valence electrons. The Bertz CT molecular complexity index is 945. The summed E-state index contributed by atoms with van der Waals surface area (Å²) in [6, 6.07) is 16.9. The van der Waals surface area contributed by atoms with Crippen molar-refractivity contribution in [2.24, 2.45) is 5.10 Å². The molecule has 0 amide bonds. The van der Waals surface area contributed by atoms with Gasteiger partial charge in [-0.1, -0.05) is 42.5 Å². The van der Waals surface area contributed by atoms with Crippen molar-refractivity contribution in [3.05, 3.63) is 90.5 Å². The Morgan fingerprint density at radius 3 is 2.56 bits per heavy atom. The molecule has 0 radical (unpaired) electrons. The number of imidazole rings is 1. The molecule has 1 heterocycles. The van der Waals surface area contributed by atoms with E-state index in [0.29, 0.717) is 17.1 Å². The standard InChI is InChI=1S/C21H20N4O2/c1-24(2)23-21(25-15-14-22-16-25)18-10-6-7-11-19(18)27-20(26)13-12-17-8-4-3-5-9-17/h3-16H,1-2H3. The monoisotopic (exact) mass is 360 g/mol. The number of hydrazone groups is 1. The van der Waals surface area contributed by atoms with E-state index >= 15 is 0 Å². The van der Waals surface area contributed by atoms with E-state index in [4.69, 9.17) is 4.74 Å². The zero-order valence-corrected chi connectivity index (χ0v) is 15.2. The summed E-state index contributed by atoms with van der Waals surface area (Å²) in [5, 5.41) is 6.20. The third-order valence-corrected chi connectivity index (χ3v) is 3.59. The zero-order chi connectivity index (χ0) is 19.1. The van der Waals surface area contributed by atoms with Crippen molar-refractivity contribution in [2.45, 2.75) is 0 Å². The SMILES string of the molecule is CN(C)N=C(c1ccccc1OC(=O)C=Cc1ccccc1)n1ccnc1. The van der Waals surface area contributed by atoms with Crippen LogP contribution in [0.1, 0.15) is 11.1 Å². The lowest BCUT2D eigenvalue weighted by atomic mass is 10.1. The summed E-state index contributed by atoms with van der Waals surface area (Å²) in [4.78, 5) is 16.4. The summed E-state index contributed by atoms with van der Waals surface area (Å²) in [7, 11) is 3.66. The lowest BCUT2D eigenvalue weighted by Crippen LogP contribution is -2.19. The normalized spacial score (nSPS) is 11.6. The number of nitrogens with zero attached hydrogens (tertiary/aromatic N) is 4. The number of ether oxygens (including phenoxy) is 1. The van der Waals surface area contributed by atoms with Crippen LogP contribution in [-0.2, 0) is 4.79 Å². The Morgan fingerprint density at radius 1 is 1.11 bits per heavy atom. The van der Waals surface area contributed by atoms with E-state index in [0.717, 1.165) is 5.56 Å². The predicted molar refractivity (Wildman–Crippen MR) is 105 cm³/mol. The molecule has 6 nitrogen and oxygen atoms in total. The van der Waals surface area contributed by atoms with Crippen molar-refractivity contribution in [1.29, 1.82) is 0 Å². The molecule has 0 saturated carbocycles. The van der Waals surface area contributed by atoms with E-state index in [1.807, 2.05) is 62.6 Å². The van der Waals surface area contributed by atoms with Crippen LogP contribution in [0.3, 0.4) is 0 Å². The molecule has 0 fully saturated rings. The number of hydrogen-bond acceptors (Lipinski definition) is 5. The van der Waals surface area contributed by atoms with Gasteiger partial charge in [-0.2, -0.15) is 5.10 Å². The highest BCUT2D eigenvalue weighted by Gasteiger charge is 2.14. The van der Waals surface area contributed by atoms with Gasteiger partial charge in [0.15, 0.2) is 5.84 Å². The van der Waals surface area contributed by atoms with Crippen LogP contribution in [0, 0.1) is 0 Å². The average Bonchev–Trinajstić information content (AvgIpc) is 3.20. The summed E-state index contributed by atoms with van der Waals surface area (Å²) in [6.07, 6.45) is 8.23. The average molecular weight is 360 g/mol. The number of para-hydroxylation sites is 1. The maximum Gasteiger partial charge on any atom is 0.336 e. The Kier molecular flexibility index (Phi) is 5.79. The highest BCUT2D eigenvalue weighted by Crippen LogP contribution is 2.20. The summed E-state index contributed by atoms with van der Waals surface area (Å²) in [6.45, 7) is 0. The number of carbonyl (C=O) groups excluding carboxylic acids is 1. The smallest absolute Gasteiger partial charge is 0.336 e. The second-order valence-electron chi connectivity index (χ2n) is 5.90. The molecule has 0 unspecified atom stereocenters. The van der Waals surface area contributed by atoms with Crippen LogP contribution in [0.2, 0.25) is 0 Å². The number of rotatable bonds is 5. The first-order valence-corrected chi connectivity index (χ1v) is 8.42. The first kappa shape index (κ1) is 18.1. The molecule has 3 aromatic rings. The lowest BCUT2D eigenvalue weighted by Gasteiger charge is -2.14. The summed E-state index contributed by atoms with van der Waals surface area (Å²) >= 11 is 0. The molecule has 0 aliphatic rings. The van der Waals surface area contributed by atoms with Crippen LogP contribution in [0.4, 0.5) is 0 Å². The van der Waals surface area contributed by atoms with Gasteiger partial charge in [0, 0.05) is 32.6 Å². The summed E-state index contributed by atoms with van der Waals surface area (Å²) in [5.74, 6) is 0.573. The molecular weight excluding hydrogens is 340 g/mol. The van der Waals surface area contributed by atoms with Crippen LogP contribution in [0.5, 0.6) is 5.75 Å². The molecule has 0 N–H and O–H groups in total. The Morgan fingerprint density at radius 2 is 1.85 bits per heavy atom. The van der Waals surface area contributed by atoms with Crippen molar-refractivity contribution >= 4 is 17.9 Å². The van der Waals surface area contributed by atoms with E-state index in [1.165, 1.54) is 6.08 Å².